The number of fused-ring (bicyclic) bond motifs is 1. The Morgan fingerprint density at radius 2 is 2.00 bits per heavy atom. The molecule has 2 N–H and O–H groups in total. The van der Waals surface area contributed by atoms with Crippen LogP contribution in [0.15, 0.2) is 61.0 Å². The Bertz CT molecular complexity index is 1380. The summed E-state index contributed by atoms with van der Waals surface area (Å²) in [6.07, 6.45) is 4.55. The highest BCUT2D eigenvalue weighted by Crippen LogP contribution is 2.33. The van der Waals surface area contributed by atoms with Gasteiger partial charge in [-0.1, -0.05) is 6.58 Å². The highest BCUT2D eigenvalue weighted by atomic mass is 19.1. The lowest BCUT2D eigenvalue weighted by Crippen LogP contribution is -2.36. The zero-order chi connectivity index (χ0) is 27.2. The lowest BCUT2D eigenvalue weighted by atomic mass is 10.1. The molecule has 11 heteroatoms. The van der Waals surface area contributed by atoms with Crippen molar-refractivity contribution in [2.45, 2.75) is 0 Å². The molecular formula is C27H28F2N6O3. The summed E-state index contributed by atoms with van der Waals surface area (Å²) in [5.41, 5.74) is 1.77. The van der Waals surface area contributed by atoms with Gasteiger partial charge in [-0.2, -0.15) is 4.98 Å². The van der Waals surface area contributed by atoms with Crippen molar-refractivity contribution in [3.63, 3.8) is 0 Å². The zero-order valence-corrected chi connectivity index (χ0v) is 21.3. The van der Waals surface area contributed by atoms with E-state index in [4.69, 9.17) is 14.5 Å². The second-order valence-electron chi connectivity index (χ2n) is 8.72. The van der Waals surface area contributed by atoms with Gasteiger partial charge in [0.15, 0.2) is 11.6 Å². The number of benzene rings is 2. The van der Waals surface area contributed by atoms with Crippen LogP contribution in [0.5, 0.6) is 11.5 Å². The summed E-state index contributed by atoms with van der Waals surface area (Å²) in [6, 6.07) is 8.31. The third-order valence-electron chi connectivity index (χ3n) is 5.61. The Morgan fingerprint density at radius 3 is 2.71 bits per heavy atom. The third kappa shape index (κ3) is 6.43. The molecule has 38 heavy (non-hydrogen) atoms. The van der Waals surface area contributed by atoms with Crippen molar-refractivity contribution < 1.29 is 23.0 Å². The molecule has 1 amide bonds. The fourth-order valence-corrected chi connectivity index (χ4v) is 3.74. The molecule has 2 heterocycles. The monoisotopic (exact) mass is 522 g/mol. The molecule has 198 valence electrons. The first kappa shape index (κ1) is 26.6. The van der Waals surface area contributed by atoms with E-state index in [1.165, 1.54) is 19.3 Å². The van der Waals surface area contributed by atoms with Crippen LogP contribution in [-0.4, -0.2) is 61.6 Å². The van der Waals surface area contributed by atoms with E-state index in [1.807, 2.05) is 23.9 Å². The standard InChI is InChI=1S/C27H28F2N6O3/c1-5-25(36)31-19-7-9-24(37-4)22(14-19)32-27-30-15-17-12-20(38-23-8-6-18(28)13-21(23)29)16-35(26(17)33-27)11-10-34(2)3/h5-9,12-15H,1,10-11,16H2,2-4H3,(H,31,36)(H,30,32,33). The summed E-state index contributed by atoms with van der Waals surface area (Å²) in [7, 11) is 5.46. The van der Waals surface area contributed by atoms with Crippen LogP contribution in [0.25, 0.3) is 6.08 Å². The maximum absolute atomic E-state index is 14.2. The van der Waals surface area contributed by atoms with Crippen LogP contribution in [0.2, 0.25) is 0 Å². The lowest BCUT2D eigenvalue weighted by molar-refractivity contribution is -0.111. The van der Waals surface area contributed by atoms with E-state index in [0.29, 0.717) is 53.3 Å². The minimum absolute atomic E-state index is 0.0663. The van der Waals surface area contributed by atoms with Crippen molar-refractivity contribution in [2.24, 2.45) is 0 Å². The fourth-order valence-electron chi connectivity index (χ4n) is 3.74. The van der Waals surface area contributed by atoms with Gasteiger partial charge < -0.3 is 29.9 Å². The smallest absolute Gasteiger partial charge is 0.247 e. The molecular weight excluding hydrogens is 494 g/mol. The maximum atomic E-state index is 14.2. The van der Waals surface area contributed by atoms with Gasteiger partial charge in [0.2, 0.25) is 11.9 Å². The number of aromatic nitrogens is 2. The van der Waals surface area contributed by atoms with Crippen LogP contribution >= 0.6 is 0 Å². The minimum atomic E-state index is -0.784. The highest BCUT2D eigenvalue weighted by molar-refractivity contribution is 5.99. The molecule has 4 rings (SSSR count). The van der Waals surface area contributed by atoms with Gasteiger partial charge in [-0.25, -0.2) is 13.8 Å². The number of halogens is 2. The van der Waals surface area contributed by atoms with Gasteiger partial charge in [0.05, 0.1) is 19.3 Å². The average Bonchev–Trinajstić information content (AvgIpc) is 2.89. The zero-order valence-electron chi connectivity index (χ0n) is 21.3. The van der Waals surface area contributed by atoms with E-state index < -0.39 is 11.6 Å². The number of likely N-dealkylation sites (N-methyl/N-ethyl adjacent to an activating group) is 1. The lowest BCUT2D eigenvalue weighted by Gasteiger charge is -2.31. The number of rotatable bonds is 10. The molecule has 0 saturated carbocycles. The van der Waals surface area contributed by atoms with Crippen LogP contribution < -0.4 is 25.0 Å². The molecule has 0 aliphatic carbocycles. The van der Waals surface area contributed by atoms with Crippen LogP contribution in [0.3, 0.4) is 0 Å². The van der Waals surface area contributed by atoms with Gasteiger partial charge >= 0.3 is 0 Å². The molecule has 0 saturated heterocycles. The normalized spacial score (nSPS) is 12.5. The summed E-state index contributed by atoms with van der Waals surface area (Å²) >= 11 is 0. The number of amides is 1. The van der Waals surface area contributed by atoms with E-state index in [1.54, 1.807) is 30.5 Å². The Kier molecular flexibility index (Phi) is 8.17. The van der Waals surface area contributed by atoms with E-state index in [-0.39, 0.29) is 11.7 Å². The number of carbonyl (C=O) groups excluding carboxylic acids is 1. The van der Waals surface area contributed by atoms with E-state index >= 15 is 0 Å². The number of hydrogen-bond acceptors (Lipinski definition) is 8. The van der Waals surface area contributed by atoms with Crippen molar-refractivity contribution >= 4 is 35.1 Å². The topological polar surface area (TPSA) is 91.8 Å². The predicted molar refractivity (Wildman–Crippen MR) is 143 cm³/mol. The molecule has 3 aromatic rings. The number of nitrogens with one attached hydrogen (secondary N) is 2. The van der Waals surface area contributed by atoms with Crippen molar-refractivity contribution in [1.29, 1.82) is 0 Å². The SMILES string of the molecule is C=CC(=O)Nc1ccc(OC)c(Nc2ncc3c(n2)N(CCN(C)C)CC(Oc2ccc(F)cc2F)=C3)c1. The van der Waals surface area contributed by atoms with Crippen LogP contribution in [0.4, 0.5) is 31.9 Å². The fraction of sp³-hybridized carbons (Fsp3) is 0.222. The summed E-state index contributed by atoms with van der Waals surface area (Å²) in [5, 5.41) is 5.87. The van der Waals surface area contributed by atoms with Crippen LogP contribution in [-0.2, 0) is 4.79 Å². The number of anilines is 4. The Hall–Kier alpha value is -4.51. The molecule has 0 unspecified atom stereocenters. The Balaban J connectivity index is 1.64. The second-order valence-corrected chi connectivity index (χ2v) is 8.72. The molecule has 0 atom stereocenters. The van der Waals surface area contributed by atoms with Crippen molar-refractivity contribution in [3.8, 4) is 11.5 Å². The first-order valence-corrected chi connectivity index (χ1v) is 11.7. The van der Waals surface area contributed by atoms with Crippen molar-refractivity contribution in [1.82, 2.24) is 14.9 Å². The molecule has 0 fully saturated rings. The van der Waals surface area contributed by atoms with Gasteiger partial charge in [0.25, 0.3) is 0 Å². The summed E-state index contributed by atoms with van der Waals surface area (Å²) in [6.45, 7) is 5.12. The maximum Gasteiger partial charge on any atom is 0.247 e. The third-order valence-corrected chi connectivity index (χ3v) is 5.61. The first-order valence-electron chi connectivity index (χ1n) is 11.7. The van der Waals surface area contributed by atoms with Gasteiger partial charge in [-0.05, 0) is 56.6 Å². The van der Waals surface area contributed by atoms with Crippen molar-refractivity contribution in [3.05, 3.63) is 78.2 Å². The van der Waals surface area contributed by atoms with Gasteiger partial charge in [-0.3, -0.25) is 4.79 Å². The van der Waals surface area contributed by atoms with Gasteiger partial charge in [-0.15, -0.1) is 0 Å². The predicted octanol–water partition coefficient (Wildman–Crippen LogP) is 4.43. The molecule has 0 spiro atoms. The summed E-state index contributed by atoms with van der Waals surface area (Å²) < 4.78 is 38.8. The van der Waals surface area contributed by atoms with Gasteiger partial charge in [0, 0.05) is 36.6 Å². The number of carbonyl (C=O) groups is 1. The molecule has 1 aliphatic rings. The molecule has 9 nitrogen and oxygen atoms in total. The number of methoxy groups -OCH3 is 1. The molecule has 1 aliphatic heterocycles. The van der Waals surface area contributed by atoms with Crippen LogP contribution in [0.1, 0.15) is 5.56 Å². The number of nitrogens with zero attached hydrogens (tertiary/aromatic N) is 4. The quantitative estimate of drug-likeness (QED) is 0.378. The highest BCUT2D eigenvalue weighted by Gasteiger charge is 2.23. The Labute approximate surface area is 219 Å². The van der Waals surface area contributed by atoms with E-state index in [9.17, 15) is 13.6 Å². The molecule has 1 aromatic heterocycles. The van der Waals surface area contributed by atoms with E-state index in [0.717, 1.165) is 18.7 Å². The van der Waals surface area contributed by atoms with Crippen LogP contribution in [0, 0.1) is 11.6 Å². The van der Waals surface area contributed by atoms with E-state index in [2.05, 4.69) is 22.2 Å². The van der Waals surface area contributed by atoms with Gasteiger partial charge in [0.1, 0.15) is 23.1 Å². The largest absolute Gasteiger partial charge is 0.495 e. The summed E-state index contributed by atoms with van der Waals surface area (Å²) in [5.74, 6) is 0.105. The number of hydrogen-bond donors (Lipinski definition) is 2. The van der Waals surface area contributed by atoms with Crippen molar-refractivity contribution in [2.75, 3.05) is 56.4 Å². The average molecular weight is 523 g/mol. The number of ether oxygens (including phenoxy) is 2. The molecule has 0 bridgehead atoms. The summed E-state index contributed by atoms with van der Waals surface area (Å²) in [4.78, 5) is 24.9. The first-order chi connectivity index (χ1) is 18.2. The second kappa shape index (κ2) is 11.7. The minimum Gasteiger partial charge on any atom is -0.495 e. The molecule has 0 radical (unpaired) electrons. The Morgan fingerprint density at radius 1 is 1.21 bits per heavy atom. The molecule has 2 aromatic carbocycles.